The Balaban J connectivity index is 2.05. The Kier molecular flexibility index (Phi) is 12.7. The molecule has 0 aliphatic heterocycles. The molecule has 0 bridgehead atoms. The summed E-state index contributed by atoms with van der Waals surface area (Å²) in [5, 5.41) is 14.3. The number of hydrogen-bond acceptors (Lipinski definition) is 6. The standard InChI is InChI=1S/C32H38N6O6/c1-2-44-32(43)37-25-17-15-22(16-18-25)21-38(26(14-9-19-35-31(33)34)29(41)36-20-27(39)40)30(42)28(23-10-5-3-6-11-23)24-12-7-4-8-13-24/h3-8,10-13,15-18,26,28H,2,9,14,19-21H2,1H3,(H,36,41)(H,37,43)(H,39,40)(H4,33,34,35)/t26-/m1/s1. The minimum Gasteiger partial charge on any atom is -0.480 e. The van der Waals surface area contributed by atoms with Crippen LogP contribution in [0, 0.1) is 0 Å². The maximum absolute atomic E-state index is 14.6. The quantitative estimate of drug-likeness (QED) is 0.0996. The normalized spacial score (nSPS) is 11.2. The Labute approximate surface area is 256 Å². The van der Waals surface area contributed by atoms with Gasteiger partial charge in [0.1, 0.15) is 12.6 Å². The number of carboxylic acids is 1. The van der Waals surface area contributed by atoms with Crippen molar-refractivity contribution in [1.82, 2.24) is 10.2 Å². The van der Waals surface area contributed by atoms with Gasteiger partial charge in [0, 0.05) is 18.8 Å². The molecular formula is C32H38N6O6. The van der Waals surface area contributed by atoms with Crippen LogP contribution in [-0.4, -0.2) is 65.6 Å². The zero-order valence-corrected chi connectivity index (χ0v) is 24.5. The molecule has 3 aromatic carbocycles. The molecule has 0 radical (unpaired) electrons. The molecule has 1 atom stereocenters. The second-order valence-electron chi connectivity index (χ2n) is 9.84. The first-order valence-corrected chi connectivity index (χ1v) is 14.2. The fourth-order valence-electron chi connectivity index (χ4n) is 4.65. The Morgan fingerprint density at radius 3 is 2.02 bits per heavy atom. The van der Waals surface area contributed by atoms with Crippen molar-refractivity contribution >= 4 is 35.5 Å². The average molecular weight is 603 g/mol. The van der Waals surface area contributed by atoms with Gasteiger partial charge >= 0.3 is 12.1 Å². The van der Waals surface area contributed by atoms with E-state index < -0.39 is 36.5 Å². The zero-order chi connectivity index (χ0) is 31.9. The molecule has 0 saturated heterocycles. The molecule has 0 spiro atoms. The number of ether oxygens (including phenoxy) is 1. The van der Waals surface area contributed by atoms with Crippen molar-refractivity contribution in [3.8, 4) is 0 Å². The van der Waals surface area contributed by atoms with E-state index in [0.29, 0.717) is 17.7 Å². The molecule has 3 aromatic rings. The van der Waals surface area contributed by atoms with E-state index in [-0.39, 0.29) is 38.0 Å². The van der Waals surface area contributed by atoms with Gasteiger partial charge in [-0.05, 0) is 48.6 Å². The Hall–Kier alpha value is -5.39. The van der Waals surface area contributed by atoms with E-state index in [4.69, 9.17) is 16.2 Å². The van der Waals surface area contributed by atoms with E-state index in [1.807, 2.05) is 60.7 Å². The van der Waals surface area contributed by atoms with Crippen LogP contribution in [0.15, 0.2) is 89.9 Å². The third-order valence-electron chi connectivity index (χ3n) is 6.65. The molecule has 0 fully saturated rings. The number of aliphatic imine (C=N–C) groups is 1. The van der Waals surface area contributed by atoms with Crippen LogP contribution >= 0.6 is 0 Å². The minimum absolute atomic E-state index is 0.0160. The van der Waals surface area contributed by atoms with Crippen molar-refractivity contribution < 1.29 is 29.0 Å². The molecule has 0 heterocycles. The van der Waals surface area contributed by atoms with E-state index in [2.05, 4.69) is 15.6 Å². The smallest absolute Gasteiger partial charge is 0.411 e. The first kappa shape index (κ1) is 33.1. The number of guanidine groups is 1. The van der Waals surface area contributed by atoms with Gasteiger partial charge < -0.3 is 31.5 Å². The van der Waals surface area contributed by atoms with Crippen LogP contribution in [0.3, 0.4) is 0 Å². The molecule has 7 N–H and O–H groups in total. The van der Waals surface area contributed by atoms with Crippen molar-refractivity contribution in [3.63, 3.8) is 0 Å². The zero-order valence-electron chi connectivity index (χ0n) is 24.5. The van der Waals surface area contributed by atoms with E-state index in [1.165, 1.54) is 4.90 Å². The van der Waals surface area contributed by atoms with Crippen molar-refractivity contribution in [3.05, 3.63) is 102 Å². The third kappa shape index (κ3) is 10.2. The number of nitrogens with zero attached hydrogens (tertiary/aromatic N) is 2. The summed E-state index contributed by atoms with van der Waals surface area (Å²) in [6.45, 7) is 1.54. The van der Waals surface area contributed by atoms with Crippen molar-refractivity contribution in [2.45, 2.75) is 38.3 Å². The van der Waals surface area contributed by atoms with Gasteiger partial charge in [-0.1, -0.05) is 72.8 Å². The predicted molar refractivity (Wildman–Crippen MR) is 167 cm³/mol. The summed E-state index contributed by atoms with van der Waals surface area (Å²) >= 11 is 0. The maximum atomic E-state index is 14.6. The monoisotopic (exact) mass is 602 g/mol. The number of carboxylic acid groups (broad SMARTS) is 1. The lowest BCUT2D eigenvalue weighted by molar-refractivity contribution is -0.143. The van der Waals surface area contributed by atoms with Crippen LogP contribution in [-0.2, 0) is 25.7 Å². The van der Waals surface area contributed by atoms with Gasteiger partial charge in [0.2, 0.25) is 11.8 Å². The molecule has 12 heteroatoms. The average Bonchev–Trinajstić information content (AvgIpc) is 3.01. The molecule has 44 heavy (non-hydrogen) atoms. The molecule has 0 saturated carbocycles. The second kappa shape index (κ2) is 16.9. The first-order chi connectivity index (χ1) is 21.2. The van der Waals surface area contributed by atoms with Crippen molar-refractivity contribution in [1.29, 1.82) is 0 Å². The van der Waals surface area contributed by atoms with Crippen LogP contribution < -0.4 is 22.1 Å². The summed E-state index contributed by atoms with van der Waals surface area (Å²) in [6.07, 6.45) is -0.0925. The van der Waals surface area contributed by atoms with Gasteiger partial charge in [0.05, 0.1) is 12.5 Å². The van der Waals surface area contributed by atoms with Gasteiger partial charge in [-0.15, -0.1) is 0 Å². The lowest BCUT2D eigenvalue weighted by Crippen LogP contribution is -2.51. The summed E-state index contributed by atoms with van der Waals surface area (Å²) in [4.78, 5) is 56.8. The van der Waals surface area contributed by atoms with Crippen LogP contribution in [0.25, 0.3) is 0 Å². The maximum Gasteiger partial charge on any atom is 0.411 e. The molecule has 0 aromatic heterocycles. The highest BCUT2D eigenvalue weighted by molar-refractivity contribution is 5.93. The first-order valence-electron chi connectivity index (χ1n) is 14.2. The van der Waals surface area contributed by atoms with Gasteiger partial charge in [0.25, 0.3) is 0 Å². The summed E-state index contributed by atoms with van der Waals surface area (Å²) < 4.78 is 4.93. The summed E-state index contributed by atoms with van der Waals surface area (Å²) in [7, 11) is 0. The molecular weight excluding hydrogens is 564 g/mol. The van der Waals surface area contributed by atoms with E-state index in [1.54, 1.807) is 31.2 Å². The van der Waals surface area contributed by atoms with E-state index >= 15 is 0 Å². The van der Waals surface area contributed by atoms with Crippen LogP contribution in [0.5, 0.6) is 0 Å². The highest BCUT2D eigenvalue weighted by Crippen LogP contribution is 2.29. The highest BCUT2D eigenvalue weighted by atomic mass is 16.5. The third-order valence-corrected chi connectivity index (χ3v) is 6.65. The number of carbonyl (C=O) groups excluding carboxylic acids is 3. The summed E-state index contributed by atoms with van der Waals surface area (Å²) in [6, 6.07) is 24.2. The summed E-state index contributed by atoms with van der Waals surface area (Å²) in [5.74, 6) is -3.05. The Morgan fingerprint density at radius 2 is 1.50 bits per heavy atom. The predicted octanol–water partition coefficient (Wildman–Crippen LogP) is 3.04. The molecule has 0 aliphatic carbocycles. The number of amides is 3. The van der Waals surface area contributed by atoms with Crippen molar-refractivity contribution in [2.75, 3.05) is 25.0 Å². The Morgan fingerprint density at radius 1 is 0.909 bits per heavy atom. The second-order valence-corrected chi connectivity index (χ2v) is 9.84. The minimum atomic E-state index is -1.22. The molecule has 12 nitrogen and oxygen atoms in total. The fraction of sp³-hybridized carbons (Fsp3) is 0.281. The number of hydrogen-bond donors (Lipinski definition) is 5. The SMILES string of the molecule is CCOC(=O)Nc1ccc(CN(C(=O)C(c2ccccc2)c2ccccc2)[C@H](CCCN=C(N)N)C(=O)NCC(=O)O)cc1. The largest absolute Gasteiger partial charge is 0.480 e. The number of anilines is 1. The molecule has 0 aliphatic rings. The topological polar surface area (TPSA) is 189 Å². The van der Waals surface area contributed by atoms with Crippen molar-refractivity contribution in [2.24, 2.45) is 16.5 Å². The Bertz CT molecular complexity index is 1370. The van der Waals surface area contributed by atoms with Gasteiger partial charge in [-0.3, -0.25) is 24.7 Å². The van der Waals surface area contributed by atoms with Crippen LogP contribution in [0.1, 0.15) is 42.4 Å². The van der Waals surface area contributed by atoms with E-state index in [9.17, 15) is 24.3 Å². The molecule has 0 unspecified atom stereocenters. The molecule has 232 valence electrons. The number of aliphatic carboxylic acids is 1. The number of nitrogens with one attached hydrogen (secondary N) is 2. The fourth-order valence-corrected chi connectivity index (χ4v) is 4.65. The lowest BCUT2D eigenvalue weighted by Gasteiger charge is -2.34. The van der Waals surface area contributed by atoms with Crippen LogP contribution in [0.2, 0.25) is 0 Å². The number of carbonyl (C=O) groups is 4. The van der Waals surface area contributed by atoms with E-state index in [0.717, 1.165) is 11.1 Å². The summed E-state index contributed by atoms with van der Waals surface area (Å²) in [5.41, 5.74) is 13.6. The van der Waals surface area contributed by atoms with Gasteiger partial charge in [-0.25, -0.2) is 4.79 Å². The van der Waals surface area contributed by atoms with Gasteiger partial charge in [-0.2, -0.15) is 0 Å². The van der Waals surface area contributed by atoms with Crippen LogP contribution in [0.4, 0.5) is 10.5 Å². The number of nitrogens with two attached hydrogens (primary N) is 2. The highest BCUT2D eigenvalue weighted by Gasteiger charge is 2.35. The number of benzene rings is 3. The number of rotatable bonds is 15. The van der Waals surface area contributed by atoms with Gasteiger partial charge in [0.15, 0.2) is 5.96 Å². The molecule has 3 rings (SSSR count). The lowest BCUT2D eigenvalue weighted by atomic mass is 9.89. The molecule has 3 amide bonds.